The van der Waals surface area contributed by atoms with Crippen LogP contribution < -0.4 is 9.30 Å². The van der Waals surface area contributed by atoms with Crippen LogP contribution in [-0.4, -0.2) is 14.1 Å². The fourth-order valence-electron chi connectivity index (χ4n) is 10.5. The highest BCUT2D eigenvalue weighted by Crippen LogP contribution is 2.45. The van der Waals surface area contributed by atoms with Gasteiger partial charge in [0.15, 0.2) is 0 Å². The van der Waals surface area contributed by atoms with Gasteiger partial charge in [-0.05, 0) is 104 Å². The molecule has 0 radical (unpaired) electrons. The van der Waals surface area contributed by atoms with Gasteiger partial charge in [-0.15, -0.1) is 0 Å². The maximum atomic E-state index is 7.10. The van der Waals surface area contributed by atoms with Gasteiger partial charge in [0.2, 0.25) is 0 Å². The number of ether oxygens (including phenoxy) is 1. The van der Waals surface area contributed by atoms with E-state index in [0.717, 1.165) is 45.4 Å². The summed E-state index contributed by atoms with van der Waals surface area (Å²) in [4.78, 5) is 5.03. The minimum absolute atomic E-state index is 0.0498. The standard InChI is InChI=1S/C67H68N4O/c1-63(2,3)49-35-36-68-61(40-49)71-58-34-23-22-33-56(58)62-57(67(11,12)48-29-20-15-21-30-48)42-55(43-59(62)71)72-54-32-24-31-52(41-54)69-44-60(64(4,5)6)70(45-69)53-38-50(65(7,8)46-25-16-13-17-26-46)37-51(39-53)66(9,10)47-27-18-14-19-28-47/h13-44H,1-12H3. The second kappa shape index (κ2) is 18.0. The molecule has 0 N–H and O–H groups in total. The Labute approximate surface area is 427 Å². The average Bonchev–Trinajstić information content (AvgIpc) is 3.98. The highest BCUT2D eigenvalue weighted by atomic mass is 16.5. The SMILES string of the molecule is CC(C)(C)c1ccnc(-n2c3ccccc3c3c(C(C)(C)c4ccccc4)cc(Oc4cccc(-n5[c-][n+](-c6cc(C(C)(C)c7ccccc7)cc(C(C)(C)c7ccccc7)c6)c(C(C)(C)C)c5)c4)cc32)c1. The molecule has 0 fully saturated rings. The van der Waals surface area contributed by atoms with Crippen LogP contribution in [0.3, 0.4) is 0 Å². The summed E-state index contributed by atoms with van der Waals surface area (Å²) in [5.74, 6) is 2.37. The predicted octanol–water partition coefficient (Wildman–Crippen LogP) is 16.4. The lowest BCUT2D eigenvalue weighted by Crippen LogP contribution is -2.39. The maximum absolute atomic E-state index is 7.10. The van der Waals surface area contributed by atoms with Gasteiger partial charge in [-0.3, -0.25) is 13.7 Å². The zero-order valence-electron chi connectivity index (χ0n) is 44.2. The van der Waals surface area contributed by atoms with E-state index in [4.69, 9.17) is 9.72 Å². The molecule has 0 aliphatic carbocycles. The van der Waals surface area contributed by atoms with Crippen LogP contribution in [0, 0.1) is 6.33 Å². The smallest absolute Gasteiger partial charge is 0.269 e. The molecule has 0 bridgehead atoms. The number of pyridine rings is 1. The van der Waals surface area contributed by atoms with Crippen molar-refractivity contribution in [1.82, 2.24) is 14.1 Å². The summed E-state index contributed by atoms with van der Waals surface area (Å²) in [5, 5.41) is 2.37. The van der Waals surface area contributed by atoms with Gasteiger partial charge in [0.25, 0.3) is 6.33 Å². The summed E-state index contributed by atoms with van der Waals surface area (Å²) in [6.45, 7) is 27.6. The van der Waals surface area contributed by atoms with Crippen molar-refractivity contribution < 1.29 is 9.30 Å². The first-order chi connectivity index (χ1) is 34.2. The summed E-state index contributed by atoms with van der Waals surface area (Å²) in [6, 6.07) is 65.6. The summed E-state index contributed by atoms with van der Waals surface area (Å²) in [6.07, 6.45) is 8.02. The number of aromatic nitrogens is 4. The van der Waals surface area contributed by atoms with Crippen molar-refractivity contribution in [2.75, 3.05) is 0 Å². The molecule has 72 heavy (non-hydrogen) atoms. The molecule has 10 aromatic rings. The topological polar surface area (TPSA) is 35.9 Å². The number of para-hydroxylation sites is 1. The predicted molar refractivity (Wildman–Crippen MR) is 298 cm³/mol. The lowest BCUT2D eigenvalue weighted by molar-refractivity contribution is -0.611. The van der Waals surface area contributed by atoms with Gasteiger partial charge in [-0.2, -0.15) is 0 Å². The van der Waals surface area contributed by atoms with E-state index < -0.39 is 0 Å². The first-order valence-electron chi connectivity index (χ1n) is 25.4. The molecule has 5 heteroatoms. The summed E-state index contributed by atoms with van der Waals surface area (Å²) < 4.78 is 13.8. The number of nitrogens with zero attached hydrogens (tertiary/aromatic N) is 4. The van der Waals surface area contributed by atoms with Crippen molar-refractivity contribution in [3.8, 4) is 28.7 Å². The van der Waals surface area contributed by atoms with Gasteiger partial charge in [-0.1, -0.05) is 204 Å². The van der Waals surface area contributed by atoms with Crippen LogP contribution in [0.25, 0.3) is 39.0 Å². The van der Waals surface area contributed by atoms with Gasteiger partial charge in [0.1, 0.15) is 17.3 Å². The number of hydrogen-bond acceptors (Lipinski definition) is 2. The minimum Gasteiger partial charge on any atom is -0.458 e. The Morgan fingerprint density at radius 1 is 0.458 bits per heavy atom. The Hall–Kier alpha value is -7.50. The Morgan fingerprint density at radius 3 is 1.61 bits per heavy atom. The zero-order valence-corrected chi connectivity index (χ0v) is 44.2. The van der Waals surface area contributed by atoms with Crippen LogP contribution in [0.15, 0.2) is 194 Å². The van der Waals surface area contributed by atoms with E-state index in [-0.39, 0.29) is 27.1 Å². The maximum Gasteiger partial charge on any atom is 0.269 e. The summed E-state index contributed by atoms with van der Waals surface area (Å²) in [5.41, 5.74) is 12.8. The average molecular weight is 945 g/mol. The number of benzene rings is 7. The van der Waals surface area contributed by atoms with Gasteiger partial charge < -0.3 is 4.74 Å². The minimum atomic E-state index is -0.378. The van der Waals surface area contributed by atoms with Crippen LogP contribution in [0.4, 0.5) is 0 Å². The van der Waals surface area contributed by atoms with E-state index >= 15 is 0 Å². The van der Waals surface area contributed by atoms with E-state index in [0.29, 0.717) is 0 Å². The Balaban J connectivity index is 1.12. The molecule has 0 spiro atoms. The van der Waals surface area contributed by atoms with Gasteiger partial charge in [0.05, 0.1) is 28.1 Å². The van der Waals surface area contributed by atoms with Gasteiger partial charge in [0, 0.05) is 45.5 Å². The molecule has 3 aromatic heterocycles. The van der Waals surface area contributed by atoms with Gasteiger partial charge in [-0.25, -0.2) is 4.98 Å². The lowest BCUT2D eigenvalue weighted by atomic mass is 9.73. The fourth-order valence-corrected chi connectivity index (χ4v) is 10.5. The Morgan fingerprint density at radius 2 is 1.03 bits per heavy atom. The third-order valence-electron chi connectivity index (χ3n) is 15.2. The quantitative estimate of drug-likeness (QED) is 0.0957. The van der Waals surface area contributed by atoms with Crippen molar-refractivity contribution in [3.63, 3.8) is 0 Å². The Bertz CT molecular complexity index is 3510. The van der Waals surface area contributed by atoms with E-state index in [1.165, 1.54) is 49.7 Å². The van der Waals surface area contributed by atoms with Gasteiger partial charge >= 0.3 is 0 Å². The van der Waals surface area contributed by atoms with Crippen LogP contribution >= 0.6 is 0 Å². The molecule has 5 nitrogen and oxygen atoms in total. The highest BCUT2D eigenvalue weighted by molar-refractivity contribution is 6.11. The molecular weight excluding hydrogens is 877 g/mol. The molecular formula is C67H68N4O. The molecule has 362 valence electrons. The second-order valence-corrected chi connectivity index (χ2v) is 23.3. The third kappa shape index (κ3) is 8.84. The van der Waals surface area contributed by atoms with E-state index in [9.17, 15) is 0 Å². The van der Waals surface area contributed by atoms with E-state index in [2.05, 4.69) is 291 Å². The summed E-state index contributed by atoms with van der Waals surface area (Å²) in [7, 11) is 0. The largest absolute Gasteiger partial charge is 0.458 e. The molecule has 0 saturated heterocycles. The molecule has 10 rings (SSSR count). The third-order valence-corrected chi connectivity index (χ3v) is 15.2. The van der Waals surface area contributed by atoms with Crippen LogP contribution in [0.5, 0.6) is 11.5 Å². The van der Waals surface area contributed by atoms with Crippen LogP contribution in [-0.2, 0) is 27.1 Å². The monoisotopic (exact) mass is 945 g/mol. The number of imidazole rings is 1. The molecule has 7 aromatic carbocycles. The first kappa shape index (κ1) is 48.1. The number of fused-ring (bicyclic) bond motifs is 3. The van der Waals surface area contributed by atoms with Crippen molar-refractivity contribution in [2.45, 2.75) is 110 Å². The van der Waals surface area contributed by atoms with E-state index in [1.54, 1.807) is 0 Å². The fraction of sp³-hybridized carbons (Fsp3) is 0.254. The molecule has 0 aliphatic heterocycles. The van der Waals surface area contributed by atoms with Crippen molar-refractivity contribution in [3.05, 3.63) is 245 Å². The normalized spacial score (nSPS) is 12.7. The lowest BCUT2D eigenvalue weighted by Gasteiger charge is -2.32. The highest BCUT2D eigenvalue weighted by Gasteiger charge is 2.32. The summed E-state index contributed by atoms with van der Waals surface area (Å²) >= 11 is 0. The molecule has 0 saturated carbocycles. The van der Waals surface area contributed by atoms with Crippen LogP contribution in [0.2, 0.25) is 0 Å². The second-order valence-electron chi connectivity index (χ2n) is 23.3. The Kier molecular flexibility index (Phi) is 12.0. The van der Waals surface area contributed by atoms with Crippen molar-refractivity contribution in [2.24, 2.45) is 0 Å². The molecule has 0 unspecified atom stereocenters. The zero-order chi connectivity index (χ0) is 50.8. The molecule has 0 aliphatic rings. The van der Waals surface area contributed by atoms with E-state index in [1.807, 2.05) is 6.20 Å². The molecule has 3 heterocycles. The molecule has 0 atom stereocenters. The number of rotatable bonds is 11. The van der Waals surface area contributed by atoms with Crippen molar-refractivity contribution in [1.29, 1.82) is 0 Å². The van der Waals surface area contributed by atoms with Crippen molar-refractivity contribution >= 4 is 21.8 Å². The van der Waals surface area contributed by atoms with Crippen LogP contribution in [0.1, 0.15) is 128 Å². The first-order valence-corrected chi connectivity index (χ1v) is 25.4. The number of hydrogen-bond donors (Lipinski definition) is 0. The molecule has 0 amide bonds.